The molecule has 3 N–H and O–H groups in total. The summed E-state index contributed by atoms with van der Waals surface area (Å²) < 4.78 is 1.64. The maximum Gasteiger partial charge on any atom is 0.323 e. The number of amides is 2. The molecule has 1 saturated carbocycles. The number of hydrogen-bond donors (Lipinski definition) is 3. The molecule has 0 bridgehead atoms. The van der Waals surface area contributed by atoms with Crippen LogP contribution >= 0.6 is 0 Å². The Hall–Kier alpha value is -2.83. The normalized spacial score (nSPS) is 13.6. The fraction of sp³-hybridized carbons (Fsp3) is 0.389. The zero-order valence-corrected chi connectivity index (χ0v) is 13.8. The number of nitrogens with zero attached hydrogens (tertiary/aromatic N) is 1. The van der Waals surface area contributed by atoms with Gasteiger partial charge in [0.25, 0.3) is 0 Å². The van der Waals surface area contributed by atoms with E-state index in [4.69, 9.17) is 5.11 Å². The highest BCUT2D eigenvalue weighted by Gasteiger charge is 2.28. The number of anilines is 1. The Morgan fingerprint density at radius 2 is 2.00 bits per heavy atom. The molecule has 1 aromatic carbocycles. The molecule has 0 unspecified atom stereocenters. The van der Waals surface area contributed by atoms with Gasteiger partial charge in [-0.3, -0.25) is 14.4 Å². The first-order valence-electron chi connectivity index (χ1n) is 8.41. The largest absolute Gasteiger partial charge is 0.480 e. The number of nitrogens with one attached hydrogen (secondary N) is 2. The lowest BCUT2D eigenvalue weighted by molar-refractivity contribution is -0.137. The minimum absolute atomic E-state index is 0.0942. The molecule has 1 aliphatic carbocycles. The van der Waals surface area contributed by atoms with Crippen LogP contribution in [0.3, 0.4) is 0 Å². The zero-order valence-electron chi connectivity index (χ0n) is 13.8. The van der Waals surface area contributed by atoms with Gasteiger partial charge in [-0.15, -0.1) is 0 Å². The summed E-state index contributed by atoms with van der Waals surface area (Å²) >= 11 is 0. The predicted molar refractivity (Wildman–Crippen MR) is 93.2 cm³/mol. The molecular weight excluding hydrogens is 322 g/mol. The first-order chi connectivity index (χ1) is 12.0. The molecule has 0 radical (unpaired) electrons. The second-order valence-electron chi connectivity index (χ2n) is 6.33. The Morgan fingerprint density at radius 1 is 1.20 bits per heavy atom. The summed E-state index contributed by atoms with van der Waals surface area (Å²) in [5.74, 6) is -0.723. The quantitative estimate of drug-likeness (QED) is 0.638. The number of carbonyl (C=O) groups is 3. The number of carboxylic acid groups (broad SMARTS) is 1. The number of aliphatic carboxylic acids is 1. The summed E-state index contributed by atoms with van der Waals surface area (Å²) in [5.41, 5.74) is 1.48. The highest BCUT2D eigenvalue weighted by atomic mass is 16.4. The molecule has 2 aromatic rings. The average molecular weight is 343 g/mol. The van der Waals surface area contributed by atoms with Crippen molar-refractivity contribution in [1.82, 2.24) is 9.88 Å². The van der Waals surface area contributed by atoms with Crippen LogP contribution in [-0.2, 0) is 20.9 Å². The SMILES string of the molecule is O=C(O)Cn1ccc2cc(NC(=O)CCCNC(=O)C3CC3)ccc21. The molecule has 0 aliphatic heterocycles. The molecule has 0 saturated heterocycles. The van der Waals surface area contributed by atoms with Gasteiger partial charge in [0.05, 0.1) is 0 Å². The Balaban J connectivity index is 1.49. The van der Waals surface area contributed by atoms with Crippen molar-refractivity contribution in [3.8, 4) is 0 Å². The maximum absolute atomic E-state index is 12.0. The molecule has 0 spiro atoms. The molecule has 25 heavy (non-hydrogen) atoms. The van der Waals surface area contributed by atoms with Gasteiger partial charge in [-0.25, -0.2) is 0 Å². The third kappa shape index (κ3) is 4.59. The van der Waals surface area contributed by atoms with E-state index in [1.54, 1.807) is 22.9 Å². The monoisotopic (exact) mass is 343 g/mol. The van der Waals surface area contributed by atoms with Gasteiger partial charge in [0.2, 0.25) is 11.8 Å². The Morgan fingerprint density at radius 3 is 2.72 bits per heavy atom. The second kappa shape index (κ2) is 7.38. The molecule has 0 atom stereocenters. The van der Waals surface area contributed by atoms with Gasteiger partial charge in [0, 0.05) is 41.7 Å². The van der Waals surface area contributed by atoms with Gasteiger partial charge in [-0.2, -0.15) is 0 Å². The van der Waals surface area contributed by atoms with Crippen molar-refractivity contribution >= 4 is 34.4 Å². The molecule has 2 amide bonds. The van der Waals surface area contributed by atoms with Gasteiger partial charge in [-0.05, 0) is 43.5 Å². The van der Waals surface area contributed by atoms with Gasteiger partial charge < -0.3 is 20.3 Å². The molecule has 3 rings (SSSR count). The molecule has 132 valence electrons. The van der Waals surface area contributed by atoms with E-state index in [2.05, 4.69) is 10.6 Å². The summed E-state index contributed by atoms with van der Waals surface area (Å²) in [6.07, 6.45) is 4.60. The number of hydrogen-bond acceptors (Lipinski definition) is 3. The maximum atomic E-state index is 12.0. The van der Waals surface area contributed by atoms with Gasteiger partial charge in [0.1, 0.15) is 6.54 Å². The average Bonchev–Trinajstić information content (AvgIpc) is 3.34. The van der Waals surface area contributed by atoms with Crippen molar-refractivity contribution in [1.29, 1.82) is 0 Å². The van der Waals surface area contributed by atoms with E-state index in [-0.39, 0.29) is 24.3 Å². The predicted octanol–water partition coefficient (Wildman–Crippen LogP) is 1.97. The summed E-state index contributed by atoms with van der Waals surface area (Å²) in [5, 5.41) is 15.4. The zero-order chi connectivity index (χ0) is 17.8. The van der Waals surface area contributed by atoms with E-state index < -0.39 is 5.97 Å². The number of benzene rings is 1. The highest BCUT2D eigenvalue weighted by Crippen LogP contribution is 2.28. The molecule has 7 nitrogen and oxygen atoms in total. The lowest BCUT2D eigenvalue weighted by Crippen LogP contribution is -2.26. The van der Waals surface area contributed by atoms with Gasteiger partial charge in [-0.1, -0.05) is 0 Å². The summed E-state index contributed by atoms with van der Waals surface area (Å²) in [7, 11) is 0. The number of aromatic nitrogens is 1. The summed E-state index contributed by atoms with van der Waals surface area (Å²) in [6, 6.07) is 7.19. The number of rotatable bonds is 8. The van der Waals surface area contributed by atoms with Crippen LogP contribution in [0.15, 0.2) is 30.5 Å². The van der Waals surface area contributed by atoms with Crippen molar-refractivity contribution in [2.45, 2.75) is 32.2 Å². The minimum atomic E-state index is -0.899. The van der Waals surface area contributed by atoms with E-state index in [0.717, 1.165) is 23.7 Å². The number of carbonyl (C=O) groups excluding carboxylic acids is 2. The van der Waals surface area contributed by atoms with E-state index in [1.165, 1.54) is 0 Å². The van der Waals surface area contributed by atoms with E-state index >= 15 is 0 Å². The smallest absolute Gasteiger partial charge is 0.323 e. The van der Waals surface area contributed by atoms with Crippen LogP contribution in [0.25, 0.3) is 10.9 Å². The van der Waals surface area contributed by atoms with Crippen molar-refractivity contribution in [2.24, 2.45) is 5.92 Å². The molecule has 1 fully saturated rings. The standard InChI is InChI=1S/C18H21N3O4/c22-16(2-1-8-19-18(25)12-3-4-12)20-14-5-6-15-13(10-14)7-9-21(15)11-17(23)24/h5-7,9-10,12H,1-4,8,11H2,(H,19,25)(H,20,22)(H,23,24). The number of fused-ring (bicyclic) bond motifs is 1. The highest BCUT2D eigenvalue weighted by molar-refractivity contribution is 5.94. The lowest BCUT2D eigenvalue weighted by Gasteiger charge is -2.07. The Kier molecular flexibility index (Phi) is 5.02. The molecule has 1 aliphatic rings. The van der Waals surface area contributed by atoms with Crippen LogP contribution in [0.5, 0.6) is 0 Å². The second-order valence-corrected chi connectivity index (χ2v) is 6.33. The molecule has 7 heteroatoms. The Labute approximate surface area is 145 Å². The first kappa shape index (κ1) is 17.0. The topological polar surface area (TPSA) is 100 Å². The number of carboxylic acids is 1. The third-order valence-corrected chi connectivity index (χ3v) is 4.19. The first-order valence-corrected chi connectivity index (χ1v) is 8.41. The van der Waals surface area contributed by atoms with E-state index in [0.29, 0.717) is 25.1 Å². The summed E-state index contributed by atoms with van der Waals surface area (Å²) in [4.78, 5) is 34.3. The minimum Gasteiger partial charge on any atom is -0.480 e. The molecule has 1 heterocycles. The van der Waals surface area contributed by atoms with E-state index in [1.807, 2.05) is 12.1 Å². The van der Waals surface area contributed by atoms with Crippen LogP contribution in [0.2, 0.25) is 0 Å². The third-order valence-electron chi connectivity index (χ3n) is 4.19. The lowest BCUT2D eigenvalue weighted by atomic mass is 10.2. The van der Waals surface area contributed by atoms with Crippen molar-refractivity contribution < 1.29 is 19.5 Å². The van der Waals surface area contributed by atoms with Crippen LogP contribution in [0, 0.1) is 5.92 Å². The summed E-state index contributed by atoms with van der Waals surface area (Å²) in [6.45, 7) is 0.418. The molecular formula is C18H21N3O4. The van der Waals surface area contributed by atoms with Crippen LogP contribution in [0.1, 0.15) is 25.7 Å². The van der Waals surface area contributed by atoms with Crippen molar-refractivity contribution in [3.05, 3.63) is 30.5 Å². The van der Waals surface area contributed by atoms with Crippen LogP contribution in [0.4, 0.5) is 5.69 Å². The fourth-order valence-corrected chi connectivity index (χ4v) is 2.74. The van der Waals surface area contributed by atoms with Crippen molar-refractivity contribution in [2.75, 3.05) is 11.9 Å². The van der Waals surface area contributed by atoms with E-state index in [9.17, 15) is 14.4 Å². The molecule has 1 aromatic heterocycles. The Bertz CT molecular complexity index is 808. The van der Waals surface area contributed by atoms with Crippen LogP contribution in [-0.4, -0.2) is 34.0 Å². The van der Waals surface area contributed by atoms with Crippen molar-refractivity contribution in [3.63, 3.8) is 0 Å². The van der Waals surface area contributed by atoms with Gasteiger partial charge in [0.15, 0.2) is 0 Å². The fourth-order valence-electron chi connectivity index (χ4n) is 2.74. The van der Waals surface area contributed by atoms with Gasteiger partial charge >= 0.3 is 5.97 Å². The van der Waals surface area contributed by atoms with Crippen LogP contribution < -0.4 is 10.6 Å².